The highest BCUT2D eigenvalue weighted by atomic mass is 32.1. The largest absolute Gasteiger partial charge is 0.341 e. The predicted molar refractivity (Wildman–Crippen MR) is 75.7 cm³/mol. The van der Waals surface area contributed by atoms with Gasteiger partial charge in [-0.3, -0.25) is 4.79 Å². The number of carbonyl (C=O) groups is 1. The lowest BCUT2D eigenvalue weighted by Gasteiger charge is -2.16. The SMILES string of the molecule is CN(Cc1ccsc1)C(=O)Cc1ccc(C#N)cc1. The number of hydrogen-bond acceptors (Lipinski definition) is 3. The van der Waals surface area contributed by atoms with Crippen molar-refractivity contribution in [3.05, 3.63) is 57.8 Å². The first-order chi connectivity index (χ1) is 9.19. The lowest BCUT2D eigenvalue weighted by molar-refractivity contribution is -0.129. The van der Waals surface area contributed by atoms with Crippen molar-refractivity contribution < 1.29 is 4.79 Å². The van der Waals surface area contributed by atoms with Gasteiger partial charge in [-0.25, -0.2) is 0 Å². The molecule has 96 valence electrons. The Kier molecular flexibility index (Phi) is 4.32. The van der Waals surface area contributed by atoms with Crippen LogP contribution in [0.15, 0.2) is 41.1 Å². The smallest absolute Gasteiger partial charge is 0.227 e. The number of nitrogens with zero attached hydrogens (tertiary/aromatic N) is 2. The zero-order valence-electron chi connectivity index (χ0n) is 10.7. The number of carbonyl (C=O) groups excluding carboxylic acids is 1. The highest BCUT2D eigenvalue weighted by molar-refractivity contribution is 7.07. The molecule has 1 aromatic carbocycles. The van der Waals surface area contributed by atoms with Crippen LogP contribution in [-0.2, 0) is 17.8 Å². The van der Waals surface area contributed by atoms with E-state index in [4.69, 9.17) is 5.26 Å². The Morgan fingerprint density at radius 1 is 1.26 bits per heavy atom. The third kappa shape index (κ3) is 3.67. The summed E-state index contributed by atoms with van der Waals surface area (Å²) in [6.45, 7) is 0.638. The Labute approximate surface area is 116 Å². The van der Waals surface area contributed by atoms with Gasteiger partial charge < -0.3 is 4.90 Å². The maximum Gasteiger partial charge on any atom is 0.227 e. The van der Waals surface area contributed by atoms with Crippen molar-refractivity contribution in [2.45, 2.75) is 13.0 Å². The van der Waals surface area contributed by atoms with Gasteiger partial charge in [0.25, 0.3) is 0 Å². The molecule has 2 aromatic rings. The number of benzene rings is 1. The van der Waals surface area contributed by atoms with Crippen molar-refractivity contribution in [3.63, 3.8) is 0 Å². The predicted octanol–water partition coefficient (Wildman–Crippen LogP) is 2.82. The van der Waals surface area contributed by atoms with Crippen molar-refractivity contribution in [1.29, 1.82) is 5.26 Å². The van der Waals surface area contributed by atoms with Gasteiger partial charge in [0.05, 0.1) is 18.1 Å². The van der Waals surface area contributed by atoms with Crippen molar-refractivity contribution in [2.24, 2.45) is 0 Å². The summed E-state index contributed by atoms with van der Waals surface area (Å²) in [6.07, 6.45) is 0.367. The zero-order valence-corrected chi connectivity index (χ0v) is 11.5. The molecule has 4 heteroatoms. The average Bonchev–Trinajstić information content (AvgIpc) is 2.92. The van der Waals surface area contributed by atoms with Crippen molar-refractivity contribution >= 4 is 17.2 Å². The molecule has 0 saturated heterocycles. The van der Waals surface area contributed by atoms with Crippen LogP contribution in [0.4, 0.5) is 0 Å². The van der Waals surface area contributed by atoms with Crippen LogP contribution in [-0.4, -0.2) is 17.9 Å². The Hall–Kier alpha value is -2.12. The summed E-state index contributed by atoms with van der Waals surface area (Å²) in [5.74, 6) is 0.0795. The van der Waals surface area contributed by atoms with Crippen LogP contribution in [0.2, 0.25) is 0 Å². The first-order valence-corrected chi connectivity index (χ1v) is 6.87. The Morgan fingerprint density at radius 3 is 2.58 bits per heavy atom. The number of amides is 1. The Bertz CT molecular complexity index is 582. The summed E-state index contributed by atoms with van der Waals surface area (Å²) in [5.41, 5.74) is 2.70. The third-order valence-electron chi connectivity index (χ3n) is 2.86. The maximum atomic E-state index is 12.1. The minimum Gasteiger partial charge on any atom is -0.341 e. The molecule has 0 fully saturated rings. The maximum absolute atomic E-state index is 12.1. The van der Waals surface area contributed by atoms with Gasteiger partial charge in [-0.15, -0.1) is 0 Å². The van der Waals surface area contributed by atoms with Gasteiger partial charge >= 0.3 is 0 Å². The van der Waals surface area contributed by atoms with Gasteiger partial charge in [-0.05, 0) is 40.1 Å². The fourth-order valence-electron chi connectivity index (χ4n) is 1.75. The number of rotatable bonds is 4. The molecule has 1 heterocycles. The topological polar surface area (TPSA) is 44.1 Å². The van der Waals surface area contributed by atoms with Gasteiger partial charge in [0, 0.05) is 13.6 Å². The minimum atomic E-state index is 0.0795. The van der Waals surface area contributed by atoms with Crippen LogP contribution < -0.4 is 0 Å². The summed E-state index contributed by atoms with van der Waals surface area (Å²) in [5, 5.41) is 12.8. The van der Waals surface area contributed by atoms with E-state index in [0.29, 0.717) is 18.5 Å². The number of hydrogen-bond donors (Lipinski definition) is 0. The first kappa shape index (κ1) is 13.3. The van der Waals surface area contributed by atoms with Crippen molar-refractivity contribution in [2.75, 3.05) is 7.05 Å². The van der Waals surface area contributed by atoms with Gasteiger partial charge in [0.2, 0.25) is 5.91 Å². The fourth-order valence-corrected chi connectivity index (χ4v) is 2.41. The number of likely N-dealkylation sites (N-methyl/N-ethyl adjacent to an activating group) is 1. The van der Waals surface area contributed by atoms with E-state index in [0.717, 1.165) is 11.1 Å². The summed E-state index contributed by atoms with van der Waals surface area (Å²) in [6, 6.07) is 11.2. The van der Waals surface area contributed by atoms with Gasteiger partial charge in [0.1, 0.15) is 0 Å². The molecule has 0 spiro atoms. The van der Waals surface area contributed by atoms with Gasteiger partial charge in [0.15, 0.2) is 0 Å². The summed E-state index contributed by atoms with van der Waals surface area (Å²) >= 11 is 1.63. The van der Waals surface area contributed by atoms with Crippen molar-refractivity contribution in [3.8, 4) is 6.07 Å². The lowest BCUT2D eigenvalue weighted by atomic mass is 10.1. The second-order valence-electron chi connectivity index (χ2n) is 4.37. The van der Waals surface area contributed by atoms with E-state index in [1.54, 1.807) is 28.4 Å². The van der Waals surface area contributed by atoms with E-state index in [9.17, 15) is 4.79 Å². The normalized spacial score (nSPS) is 9.89. The average molecular weight is 270 g/mol. The van der Waals surface area contributed by atoms with Crippen LogP contribution >= 0.6 is 11.3 Å². The van der Waals surface area contributed by atoms with E-state index in [1.807, 2.05) is 36.0 Å². The number of thiophene rings is 1. The molecule has 2 rings (SSSR count). The molecule has 1 amide bonds. The van der Waals surface area contributed by atoms with Crippen LogP contribution in [0.5, 0.6) is 0 Å². The van der Waals surface area contributed by atoms with Gasteiger partial charge in [-0.2, -0.15) is 16.6 Å². The van der Waals surface area contributed by atoms with E-state index in [2.05, 4.69) is 6.07 Å². The molecule has 19 heavy (non-hydrogen) atoms. The molecule has 0 saturated carbocycles. The summed E-state index contributed by atoms with van der Waals surface area (Å²) < 4.78 is 0. The summed E-state index contributed by atoms with van der Waals surface area (Å²) in [7, 11) is 1.81. The molecule has 0 aliphatic carbocycles. The molecule has 0 atom stereocenters. The Balaban J connectivity index is 1.94. The standard InChI is InChI=1S/C15H14N2OS/c1-17(10-14-6-7-19-11-14)15(18)8-12-2-4-13(9-16)5-3-12/h2-7,11H,8,10H2,1H3. The van der Waals surface area contributed by atoms with E-state index in [1.165, 1.54) is 0 Å². The molecule has 0 aliphatic rings. The molecule has 0 bridgehead atoms. The quantitative estimate of drug-likeness (QED) is 0.857. The van der Waals surface area contributed by atoms with Crippen LogP contribution in [0.1, 0.15) is 16.7 Å². The summed E-state index contributed by atoms with van der Waals surface area (Å²) in [4.78, 5) is 13.8. The van der Waals surface area contributed by atoms with Gasteiger partial charge in [-0.1, -0.05) is 12.1 Å². The molecular formula is C15H14N2OS. The van der Waals surface area contributed by atoms with E-state index < -0.39 is 0 Å². The third-order valence-corrected chi connectivity index (χ3v) is 3.60. The first-order valence-electron chi connectivity index (χ1n) is 5.93. The molecule has 0 aliphatic heterocycles. The fraction of sp³-hybridized carbons (Fsp3) is 0.200. The molecule has 0 unspecified atom stereocenters. The zero-order chi connectivity index (χ0) is 13.7. The molecule has 3 nitrogen and oxygen atoms in total. The molecule has 0 N–H and O–H groups in total. The second-order valence-corrected chi connectivity index (χ2v) is 5.15. The minimum absolute atomic E-state index is 0.0795. The highest BCUT2D eigenvalue weighted by Gasteiger charge is 2.10. The molecule has 0 radical (unpaired) electrons. The van der Waals surface area contributed by atoms with Crippen LogP contribution in [0.3, 0.4) is 0 Å². The van der Waals surface area contributed by atoms with Crippen LogP contribution in [0, 0.1) is 11.3 Å². The monoisotopic (exact) mass is 270 g/mol. The number of nitriles is 1. The van der Waals surface area contributed by atoms with E-state index >= 15 is 0 Å². The molecule has 1 aromatic heterocycles. The lowest BCUT2D eigenvalue weighted by Crippen LogP contribution is -2.27. The highest BCUT2D eigenvalue weighted by Crippen LogP contribution is 2.10. The van der Waals surface area contributed by atoms with Crippen molar-refractivity contribution in [1.82, 2.24) is 4.90 Å². The van der Waals surface area contributed by atoms with E-state index in [-0.39, 0.29) is 5.91 Å². The van der Waals surface area contributed by atoms with Crippen LogP contribution in [0.25, 0.3) is 0 Å². The second kappa shape index (κ2) is 6.17. The Morgan fingerprint density at radius 2 is 2.00 bits per heavy atom. The molecular weight excluding hydrogens is 256 g/mol.